The molecule has 1 aromatic rings. The van der Waals surface area contributed by atoms with E-state index in [0.29, 0.717) is 17.1 Å². The summed E-state index contributed by atoms with van der Waals surface area (Å²) in [6.07, 6.45) is 3.88. The first-order chi connectivity index (χ1) is 9.16. The minimum Gasteiger partial charge on any atom is -0.389 e. The Balaban J connectivity index is 2.00. The predicted octanol–water partition coefficient (Wildman–Crippen LogP) is 1.78. The van der Waals surface area contributed by atoms with Gasteiger partial charge in [0.2, 0.25) is 0 Å². The number of thiocarbonyl (C=S) groups is 1. The lowest BCUT2D eigenvalue weighted by Gasteiger charge is -2.39. The van der Waals surface area contributed by atoms with Crippen molar-refractivity contribution in [1.82, 2.24) is 4.98 Å². The summed E-state index contributed by atoms with van der Waals surface area (Å²) >= 11 is 5.16. The topological polar surface area (TPSA) is 51.4 Å². The highest BCUT2D eigenvalue weighted by molar-refractivity contribution is 7.80. The molecule has 2 aliphatic rings. The normalized spacial score (nSPS) is 26.3. The van der Waals surface area contributed by atoms with Gasteiger partial charge in [0.25, 0.3) is 0 Å². The third-order valence-electron chi connectivity index (χ3n) is 4.03. The molecule has 1 saturated carbocycles. The summed E-state index contributed by atoms with van der Waals surface area (Å²) in [5.41, 5.74) is 7.72. The number of anilines is 1. The van der Waals surface area contributed by atoms with E-state index in [4.69, 9.17) is 22.7 Å². The molecule has 19 heavy (non-hydrogen) atoms. The summed E-state index contributed by atoms with van der Waals surface area (Å²) in [7, 11) is 0. The zero-order valence-corrected chi connectivity index (χ0v) is 11.9. The van der Waals surface area contributed by atoms with Crippen LogP contribution in [0.5, 0.6) is 0 Å². The van der Waals surface area contributed by atoms with Gasteiger partial charge in [0.05, 0.1) is 24.3 Å². The number of aryl methyl sites for hydroxylation is 1. The summed E-state index contributed by atoms with van der Waals surface area (Å²) < 4.78 is 5.85. The molecule has 0 bridgehead atoms. The predicted molar refractivity (Wildman–Crippen MR) is 79.6 cm³/mol. The standard InChI is InChI=1S/C14H19N3OS/c1-9-5-6-10(13(15)19)14(16-9)17-7-8-18-12-4-2-3-11(12)17/h5-6,11-12H,2-4,7-8H2,1H3,(H2,15,19). The van der Waals surface area contributed by atoms with E-state index >= 15 is 0 Å². The summed E-state index contributed by atoms with van der Waals surface area (Å²) in [4.78, 5) is 7.45. The molecule has 0 spiro atoms. The fraction of sp³-hybridized carbons (Fsp3) is 0.571. The highest BCUT2D eigenvalue weighted by atomic mass is 32.1. The van der Waals surface area contributed by atoms with Gasteiger partial charge in [-0.2, -0.15) is 0 Å². The third-order valence-corrected chi connectivity index (χ3v) is 4.25. The average Bonchev–Trinajstić information content (AvgIpc) is 2.86. The fourth-order valence-corrected chi connectivity index (χ4v) is 3.30. The Morgan fingerprint density at radius 3 is 3.11 bits per heavy atom. The van der Waals surface area contributed by atoms with Crippen molar-refractivity contribution in [1.29, 1.82) is 0 Å². The molecule has 1 aliphatic carbocycles. The molecule has 102 valence electrons. The number of nitrogens with two attached hydrogens (primary N) is 1. The summed E-state index contributed by atoms with van der Waals surface area (Å²) in [5, 5.41) is 0. The molecule has 2 unspecified atom stereocenters. The first kappa shape index (κ1) is 12.8. The highest BCUT2D eigenvalue weighted by Crippen LogP contribution is 2.33. The summed E-state index contributed by atoms with van der Waals surface area (Å²) in [5.74, 6) is 0.938. The quantitative estimate of drug-likeness (QED) is 0.835. The van der Waals surface area contributed by atoms with Crippen LogP contribution in [0.3, 0.4) is 0 Å². The number of aromatic nitrogens is 1. The number of hydrogen-bond donors (Lipinski definition) is 1. The average molecular weight is 277 g/mol. The maximum Gasteiger partial charge on any atom is 0.139 e. The Bertz CT molecular complexity index is 505. The van der Waals surface area contributed by atoms with Crippen molar-refractivity contribution in [2.45, 2.75) is 38.3 Å². The van der Waals surface area contributed by atoms with E-state index in [9.17, 15) is 0 Å². The Morgan fingerprint density at radius 1 is 1.47 bits per heavy atom. The van der Waals surface area contributed by atoms with Crippen molar-refractivity contribution in [3.05, 3.63) is 23.4 Å². The molecule has 0 radical (unpaired) electrons. The molecular weight excluding hydrogens is 258 g/mol. The van der Waals surface area contributed by atoms with Gasteiger partial charge in [-0.05, 0) is 38.3 Å². The molecule has 2 N–H and O–H groups in total. The third kappa shape index (κ3) is 2.32. The van der Waals surface area contributed by atoms with E-state index in [-0.39, 0.29) is 0 Å². The molecule has 2 heterocycles. The second kappa shape index (κ2) is 5.06. The van der Waals surface area contributed by atoms with Crippen molar-refractivity contribution in [2.24, 2.45) is 5.73 Å². The van der Waals surface area contributed by atoms with Crippen molar-refractivity contribution in [2.75, 3.05) is 18.1 Å². The number of nitrogens with zero attached hydrogens (tertiary/aromatic N) is 2. The van der Waals surface area contributed by atoms with E-state index in [1.54, 1.807) is 0 Å². The van der Waals surface area contributed by atoms with Gasteiger partial charge in [-0.3, -0.25) is 0 Å². The number of hydrogen-bond acceptors (Lipinski definition) is 4. The first-order valence-electron chi connectivity index (χ1n) is 6.82. The van der Waals surface area contributed by atoms with Crippen LogP contribution < -0.4 is 10.6 Å². The van der Waals surface area contributed by atoms with E-state index < -0.39 is 0 Å². The highest BCUT2D eigenvalue weighted by Gasteiger charge is 2.37. The molecule has 3 rings (SSSR count). The molecule has 1 aliphatic heterocycles. The van der Waals surface area contributed by atoms with Crippen LogP contribution in [0.2, 0.25) is 0 Å². The number of pyridine rings is 1. The van der Waals surface area contributed by atoms with Gasteiger partial charge in [0, 0.05) is 12.2 Å². The second-order valence-corrected chi connectivity index (χ2v) is 5.73. The van der Waals surface area contributed by atoms with Crippen LogP contribution >= 0.6 is 12.2 Å². The molecule has 0 aromatic carbocycles. The van der Waals surface area contributed by atoms with Crippen molar-refractivity contribution in [3.8, 4) is 0 Å². The molecule has 0 amide bonds. The van der Waals surface area contributed by atoms with Crippen LogP contribution in [0, 0.1) is 6.92 Å². The van der Waals surface area contributed by atoms with Gasteiger partial charge in [-0.25, -0.2) is 4.98 Å². The molecule has 2 atom stereocenters. The lowest BCUT2D eigenvalue weighted by molar-refractivity contribution is 0.0253. The summed E-state index contributed by atoms with van der Waals surface area (Å²) in [6.45, 7) is 3.63. The van der Waals surface area contributed by atoms with E-state index in [1.165, 1.54) is 6.42 Å². The number of ether oxygens (including phenoxy) is 1. The van der Waals surface area contributed by atoms with E-state index in [0.717, 1.165) is 43.1 Å². The maximum absolute atomic E-state index is 5.85. The molecule has 2 fully saturated rings. The van der Waals surface area contributed by atoms with E-state index in [1.807, 2.05) is 19.1 Å². The maximum atomic E-state index is 5.85. The Labute approximate surface area is 118 Å². The van der Waals surface area contributed by atoms with Crippen LogP contribution in [-0.4, -0.2) is 35.3 Å². The van der Waals surface area contributed by atoms with Crippen LogP contribution in [0.15, 0.2) is 12.1 Å². The van der Waals surface area contributed by atoms with E-state index in [2.05, 4.69) is 9.88 Å². The molecule has 1 saturated heterocycles. The Kier molecular flexibility index (Phi) is 3.41. The number of morpholine rings is 1. The van der Waals surface area contributed by atoms with Gasteiger partial charge >= 0.3 is 0 Å². The molecule has 4 nitrogen and oxygen atoms in total. The minimum absolute atomic E-state index is 0.343. The summed E-state index contributed by atoms with van der Waals surface area (Å²) in [6, 6.07) is 4.38. The van der Waals surface area contributed by atoms with Gasteiger partial charge in [0.15, 0.2) is 0 Å². The van der Waals surface area contributed by atoms with Crippen molar-refractivity contribution in [3.63, 3.8) is 0 Å². The van der Waals surface area contributed by atoms with Crippen molar-refractivity contribution < 1.29 is 4.74 Å². The Hall–Kier alpha value is -1.20. The van der Waals surface area contributed by atoms with Crippen LogP contribution in [-0.2, 0) is 4.74 Å². The smallest absolute Gasteiger partial charge is 0.139 e. The van der Waals surface area contributed by atoms with Crippen LogP contribution in [0.1, 0.15) is 30.5 Å². The van der Waals surface area contributed by atoms with Crippen molar-refractivity contribution >= 4 is 23.0 Å². The minimum atomic E-state index is 0.343. The Morgan fingerprint density at radius 2 is 2.32 bits per heavy atom. The number of rotatable bonds is 2. The largest absolute Gasteiger partial charge is 0.389 e. The zero-order valence-electron chi connectivity index (χ0n) is 11.1. The first-order valence-corrected chi connectivity index (χ1v) is 7.23. The molecule has 1 aromatic heterocycles. The van der Waals surface area contributed by atoms with Crippen LogP contribution in [0.25, 0.3) is 0 Å². The zero-order chi connectivity index (χ0) is 13.4. The van der Waals surface area contributed by atoms with Gasteiger partial charge in [-0.1, -0.05) is 12.2 Å². The number of fused-ring (bicyclic) bond motifs is 1. The van der Waals surface area contributed by atoms with Gasteiger partial charge < -0.3 is 15.4 Å². The SMILES string of the molecule is Cc1ccc(C(N)=S)c(N2CCOC3CCCC32)n1. The van der Waals surface area contributed by atoms with Crippen LogP contribution in [0.4, 0.5) is 5.82 Å². The molecule has 5 heteroatoms. The fourth-order valence-electron chi connectivity index (χ4n) is 3.14. The molecular formula is C14H19N3OS. The van der Waals surface area contributed by atoms with Gasteiger partial charge in [0.1, 0.15) is 10.8 Å². The second-order valence-electron chi connectivity index (χ2n) is 5.29. The monoisotopic (exact) mass is 277 g/mol. The van der Waals surface area contributed by atoms with Gasteiger partial charge in [-0.15, -0.1) is 0 Å². The lowest BCUT2D eigenvalue weighted by atomic mass is 10.1. The lowest BCUT2D eigenvalue weighted by Crippen LogP contribution is -2.49.